The van der Waals surface area contributed by atoms with Crippen LogP contribution in [-0.4, -0.2) is 24.0 Å². The van der Waals surface area contributed by atoms with Crippen molar-refractivity contribution in [2.45, 2.75) is 26.8 Å². The molecule has 1 aromatic heterocycles. The minimum Gasteiger partial charge on any atom is -0.357 e. The third kappa shape index (κ3) is 5.44. The fourth-order valence-corrected chi connectivity index (χ4v) is 2.65. The molecule has 4 nitrogen and oxygen atoms in total. The molecule has 0 saturated heterocycles. The van der Waals surface area contributed by atoms with Gasteiger partial charge in [0.05, 0.1) is 6.54 Å². The van der Waals surface area contributed by atoms with E-state index in [1.807, 2.05) is 20.0 Å². The van der Waals surface area contributed by atoms with Gasteiger partial charge in [0.25, 0.3) is 0 Å². The molecule has 6 heteroatoms. The Balaban J connectivity index is 1.84. The van der Waals surface area contributed by atoms with Crippen molar-refractivity contribution in [1.29, 1.82) is 0 Å². The summed E-state index contributed by atoms with van der Waals surface area (Å²) >= 11 is 1.66. The van der Waals surface area contributed by atoms with Gasteiger partial charge in [-0.15, -0.1) is 11.3 Å². The van der Waals surface area contributed by atoms with Crippen molar-refractivity contribution < 1.29 is 4.39 Å². The molecule has 118 valence electrons. The Morgan fingerprint density at radius 1 is 1.27 bits per heavy atom. The normalized spacial score (nSPS) is 11.5. The van der Waals surface area contributed by atoms with Gasteiger partial charge in [-0.05, 0) is 38.0 Å². The van der Waals surface area contributed by atoms with Crippen LogP contribution in [-0.2, 0) is 13.0 Å². The Kier molecular flexibility index (Phi) is 6.33. The van der Waals surface area contributed by atoms with Crippen molar-refractivity contribution in [2.24, 2.45) is 4.99 Å². The highest BCUT2D eigenvalue weighted by atomic mass is 32.1. The van der Waals surface area contributed by atoms with Crippen LogP contribution >= 0.6 is 11.3 Å². The number of nitrogens with one attached hydrogen (secondary N) is 2. The van der Waals surface area contributed by atoms with Crippen LogP contribution < -0.4 is 10.6 Å². The molecule has 0 amide bonds. The molecule has 0 aliphatic rings. The van der Waals surface area contributed by atoms with Crippen molar-refractivity contribution >= 4 is 17.3 Å². The minimum atomic E-state index is -0.203. The van der Waals surface area contributed by atoms with Crippen LogP contribution in [0.3, 0.4) is 0 Å². The summed E-state index contributed by atoms with van der Waals surface area (Å²) in [7, 11) is 0. The molecule has 0 fully saturated rings. The Morgan fingerprint density at radius 3 is 2.68 bits per heavy atom. The average molecular weight is 320 g/mol. The van der Waals surface area contributed by atoms with Crippen LogP contribution in [0.2, 0.25) is 0 Å². The van der Waals surface area contributed by atoms with Crippen molar-refractivity contribution in [1.82, 2.24) is 15.6 Å². The molecule has 1 aromatic carbocycles. The van der Waals surface area contributed by atoms with E-state index in [0.717, 1.165) is 36.0 Å². The molecule has 0 unspecified atom stereocenters. The average Bonchev–Trinajstić information content (AvgIpc) is 2.92. The van der Waals surface area contributed by atoms with E-state index in [0.29, 0.717) is 6.54 Å². The second-order valence-electron chi connectivity index (χ2n) is 4.86. The van der Waals surface area contributed by atoms with Gasteiger partial charge in [-0.25, -0.2) is 14.4 Å². The summed E-state index contributed by atoms with van der Waals surface area (Å²) in [5.41, 5.74) is 1.10. The molecule has 0 aliphatic carbocycles. The van der Waals surface area contributed by atoms with Crippen LogP contribution in [0.5, 0.6) is 0 Å². The Hall–Kier alpha value is -1.95. The molecule has 22 heavy (non-hydrogen) atoms. The number of aryl methyl sites for hydroxylation is 1. The van der Waals surface area contributed by atoms with E-state index in [4.69, 9.17) is 0 Å². The van der Waals surface area contributed by atoms with Crippen molar-refractivity contribution in [3.05, 3.63) is 51.7 Å². The first-order chi connectivity index (χ1) is 10.7. The first kappa shape index (κ1) is 16.4. The summed E-state index contributed by atoms with van der Waals surface area (Å²) < 4.78 is 12.9. The maximum Gasteiger partial charge on any atom is 0.191 e. The van der Waals surface area contributed by atoms with E-state index in [2.05, 4.69) is 20.6 Å². The summed E-state index contributed by atoms with van der Waals surface area (Å²) in [5.74, 6) is 0.572. The van der Waals surface area contributed by atoms with Gasteiger partial charge >= 0.3 is 0 Å². The fraction of sp³-hybridized carbons (Fsp3) is 0.375. The zero-order chi connectivity index (χ0) is 15.8. The van der Waals surface area contributed by atoms with Crippen LogP contribution in [0.25, 0.3) is 0 Å². The van der Waals surface area contributed by atoms with Gasteiger partial charge in [-0.1, -0.05) is 12.1 Å². The monoisotopic (exact) mass is 320 g/mol. The number of aromatic nitrogens is 1. The summed E-state index contributed by atoms with van der Waals surface area (Å²) in [6, 6.07) is 6.58. The number of hydrogen-bond donors (Lipinski definition) is 2. The van der Waals surface area contributed by atoms with Crippen LogP contribution in [0, 0.1) is 12.7 Å². The number of rotatable bonds is 6. The summed E-state index contributed by atoms with van der Waals surface area (Å²) in [4.78, 5) is 10.0. The number of thiazole rings is 1. The fourth-order valence-electron chi connectivity index (χ4n) is 1.94. The largest absolute Gasteiger partial charge is 0.357 e. The van der Waals surface area contributed by atoms with E-state index in [-0.39, 0.29) is 5.82 Å². The smallest absolute Gasteiger partial charge is 0.191 e. The zero-order valence-corrected chi connectivity index (χ0v) is 13.7. The highest BCUT2D eigenvalue weighted by Crippen LogP contribution is 2.11. The zero-order valence-electron chi connectivity index (χ0n) is 12.9. The van der Waals surface area contributed by atoms with Crippen molar-refractivity contribution in [3.8, 4) is 0 Å². The highest BCUT2D eigenvalue weighted by Gasteiger charge is 2.01. The number of halogens is 1. The number of nitrogens with zero attached hydrogens (tertiary/aromatic N) is 2. The number of benzene rings is 1. The molecule has 0 spiro atoms. The summed E-state index contributed by atoms with van der Waals surface area (Å²) in [6.07, 6.45) is 2.69. The Labute approximate surface area is 134 Å². The molecule has 0 atom stereocenters. The second-order valence-corrected chi connectivity index (χ2v) is 6.18. The van der Waals surface area contributed by atoms with E-state index in [1.54, 1.807) is 23.5 Å². The predicted molar refractivity (Wildman–Crippen MR) is 89.8 cm³/mol. The maximum atomic E-state index is 12.9. The molecular weight excluding hydrogens is 299 g/mol. The van der Waals surface area contributed by atoms with Crippen LogP contribution in [0.4, 0.5) is 4.39 Å². The third-order valence-corrected chi connectivity index (χ3v) is 3.90. The van der Waals surface area contributed by atoms with Gasteiger partial charge in [0.2, 0.25) is 0 Å². The molecule has 2 N–H and O–H groups in total. The third-order valence-electron chi connectivity index (χ3n) is 3.01. The predicted octanol–water partition coefficient (Wildman–Crippen LogP) is 2.89. The lowest BCUT2D eigenvalue weighted by atomic mass is 10.1. The number of guanidine groups is 1. The molecule has 0 bridgehead atoms. The number of aliphatic imine (C=N–C) groups is 1. The van der Waals surface area contributed by atoms with Crippen molar-refractivity contribution in [3.63, 3.8) is 0 Å². The summed E-state index contributed by atoms with van der Waals surface area (Å²) in [5, 5.41) is 7.50. The molecule has 2 aromatic rings. The van der Waals surface area contributed by atoms with Gasteiger partial charge in [-0.2, -0.15) is 0 Å². The van der Waals surface area contributed by atoms with E-state index in [9.17, 15) is 4.39 Å². The van der Waals surface area contributed by atoms with Gasteiger partial charge in [0.1, 0.15) is 10.8 Å². The lowest BCUT2D eigenvalue weighted by molar-refractivity contribution is 0.626. The first-order valence-corrected chi connectivity index (χ1v) is 8.17. The quantitative estimate of drug-likeness (QED) is 0.635. The van der Waals surface area contributed by atoms with Gasteiger partial charge in [0.15, 0.2) is 5.96 Å². The second kappa shape index (κ2) is 8.48. The van der Waals surface area contributed by atoms with E-state index < -0.39 is 0 Å². The van der Waals surface area contributed by atoms with Crippen LogP contribution in [0.15, 0.2) is 35.5 Å². The molecular formula is C16H21FN4S. The first-order valence-electron chi connectivity index (χ1n) is 7.35. The molecule has 1 heterocycles. The standard InChI is InChI=1S/C16H21FN4S/c1-3-18-16(21-11-15-20-10-12(2)22-15)19-9-8-13-4-6-14(17)7-5-13/h4-7,10H,3,8-9,11H2,1-2H3,(H2,18,19,21). The Bertz CT molecular complexity index is 607. The van der Waals surface area contributed by atoms with E-state index in [1.165, 1.54) is 17.0 Å². The molecule has 0 radical (unpaired) electrons. The van der Waals surface area contributed by atoms with Gasteiger partial charge in [0, 0.05) is 24.2 Å². The van der Waals surface area contributed by atoms with Gasteiger partial charge < -0.3 is 10.6 Å². The van der Waals surface area contributed by atoms with Crippen molar-refractivity contribution in [2.75, 3.05) is 13.1 Å². The molecule has 0 aliphatic heterocycles. The molecule has 2 rings (SSSR count). The van der Waals surface area contributed by atoms with E-state index >= 15 is 0 Å². The molecule has 0 saturated carbocycles. The SMILES string of the molecule is CCNC(=NCc1ncc(C)s1)NCCc1ccc(F)cc1. The van der Waals surface area contributed by atoms with Gasteiger partial charge in [-0.3, -0.25) is 0 Å². The minimum absolute atomic E-state index is 0.203. The Morgan fingerprint density at radius 2 is 2.05 bits per heavy atom. The highest BCUT2D eigenvalue weighted by molar-refractivity contribution is 7.11. The lowest BCUT2D eigenvalue weighted by Crippen LogP contribution is -2.38. The summed E-state index contributed by atoms with van der Waals surface area (Å²) in [6.45, 7) is 6.19. The number of hydrogen-bond acceptors (Lipinski definition) is 3. The van der Waals surface area contributed by atoms with Crippen LogP contribution in [0.1, 0.15) is 22.4 Å². The lowest BCUT2D eigenvalue weighted by Gasteiger charge is -2.11. The topological polar surface area (TPSA) is 49.3 Å². The maximum absolute atomic E-state index is 12.9.